The molecule has 7 heteroatoms. The number of nitrogens with zero attached hydrogens (tertiary/aromatic N) is 4. The van der Waals surface area contributed by atoms with Crippen molar-refractivity contribution in [2.24, 2.45) is 5.92 Å². The molecule has 0 bridgehead atoms. The third-order valence-electron chi connectivity index (χ3n) is 5.78. The number of aromatic nitrogens is 2. The Bertz CT molecular complexity index is 879. The molecular weight excluding hydrogens is 371 g/mol. The van der Waals surface area contributed by atoms with E-state index in [0.717, 1.165) is 24.5 Å². The van der Waals surface area contributed by atoms with Crippen molar-refractivity contribution in [2.45, 2.75) is 40.5 Å². The Balaban J connectivity index is 1.73. The van der Waals surface area contributed by atoms with E-state index in [0.29, 0.717) is 37.2 Å². The third kappa shape index (κ3) is 4.18. The van der Waals surface area contributed by atoms with E-state index in [1.807, 2.05) is 37.5 Å². The number of carbonyl (C=O) groups is 2. The monoisotopic (exact) mass is 400 g/mol. The number of rotatable bonds is 5. The summed E-state index contributed by atoms with van der Waals surface area (Å²) in [4.78, 5) is 29.4. The van der Waals surface area contributed by atoms with Gasteiger partial charge in [0.2, 0.25) is 5.91 Å². The number of carbonyl (C=O) groups excluding carboxylic acids is 2. The topological polar surface area (TPSA) is 58.4 Å². The largest absolute Gasteiger partial charge is 0.343 e. The lowest BCUT2D eigenvalue weighted by molar-refractivity contribution is -0.136. The first-order valence-electron chi connectivity index (χ1n) is 10.3. The average Bonchev–Trinajstić information content (AvgIpc) is 3.03. The predicted molar refractivity (Wildman–Crippen MR) is 110 cm³/mol. The minimum atomic E-state index is -0.311. The lowest BCUT2D eigenvalue weighted by Gasteiger charge is -2.33. The first kappa shape index (κ1) is 21.0. The van der Waals surface area contributed by atoms with Gasteiger partial charge < -0.3 is 9.80 Å². The Morgan fingerprint density at radius 2 is 1.69 bits per heavy atom. The molecular formula is C22H29FN4O2. The van der Waals surface area contributed by atoms with Crippen LogP contribution in [0.1, 0.15) is 48.4 Å². The van der Waals surface area contributed by atoms with Gasteiger partial charge >= 0.3 is 0 Å². The summed E-state index contributed by atoms with van der Waals surface area (Å²) in [6.45, 7) is 10.2. The van der Waals surface area contributed by atoms with Gasteiger partial charge in [-0.05, 0) is 64.8 Å². The van der Waals surface area contributed by atoms with Crippen molar-refractivity contribution in [3.05, 3.63) is 47.0 Å². The molecule has 6 nitrogen and oxygen atoms in total. The minimum absolute atomic E-state index is 0.0110. The van der Waals surface area contributed by atoms with Gasteiger partial charge in [-0.1, -0.05) is 0 Å². The molecule has 1 aromatic heterocycles. The van der Waals surface area contributed by atoms with Crippen LogP contribution in [0.15, 0.2) is 24.3 Å². The van der Waals surface area contributed by atoms with Gasteiger partial charge in [-0.15, -0.1) is 0 Å². The van der Waals surface area contributed by atoms with E-state index < -0.39 is 0 Å². The molecule has 0 saturated carbocycles. The SMILES string of the molecule is CCN(CC)C(=O)C1CCN(C(=O)c2c(C)nn(-c3ccc(F)cc3)c2C)CC1. The number of hydrogen-bond donors (Lipinski definition) is 0. The van der Waals surface area contributed by atoms with Crippen LogP contribution in [0.3, 0.4) is 0 Å². The molecule has 0 atom stereocenters. The van der Waals surface area contributed by atoms with Crippen LogP contribution in [0.5, 0.6) is 0 Å². The maximum atomic E-state index is 13.2. The number of aryl methyl sites for hydroxylation is 1. The standard InChI is InChI=1S/C22H29FN4O2/c1-5-25(6-2)21(28)17-11-13-26(14-12-17)22(29)20-15(3)24-27(16(20)4)19-9-7-18(23)8-10-19/h7-10,17H,5-6,11-14H2,1-4H3. The van der Waals surface area contributed by atoms with Crippen molar-refractivity contribution in [3.8, 4) is 5.69 Å². The maximum Gasteiger partial charge on any atom is 0.257 e. The first-order chi connectivity index (χ1) is 13.9. The molecule has 2 amide bonds. The zero-order valence-electron chi connectivity index (χ0n) is 17.6. The van der Waals surface area contributed by atoms with Crippen LogP contribution in [0.4, 0.5) is 4.39 Å². The smallest absolute Gasteiger partial charge is 0.257 e. The van der Waals surface area contributed by atoms with Crippen molar-refractivity contribution >= 4 is 11.8 Å². The van der Waals surface area contributed by atoms with Crippen LogP contribution in [0.25, 0.3) is 5.69 Å². The molecule has 0 spiro atoms. The fourth-order valence-corrected chi connectivity index (χ4v) is 4.07. The summed E-state index contributed by atoms with van der Waals surface area (Å²) in [6.07, 6.45) is 1.37. The summed E-state index contributed by atoms with van der Waals surface area (Å²) < 4.78 is 14.9. The van der Waals surface area contributed by atoms with Gasteiger partial charge in [-0.3, -0.25) is 9.59 Å². The summed E-state index contributed by atoms with van der Waals surface area (Å²) in [5.41, 5.74) is 2.69. The van der Waals surface area contributed by atoms with E-state index in [1.165, 1.54) is 12.1 Å². The number of likely N-dealkylation sites (tertiary alicyclic amines) is 1. The van der Waals surface area contributed by atoms with E-state index >= 15 is 0 Å². The highest BCUT2D eigenvalue weighted by molar-refractivity contribution is 5.96. The lowest BCUT2D eigenvalue weighted by Crippen LogP contribution is -2.44. The van der Waals surface area contributed by atoms with Crippen molar-refractivity contribution in [2.75, 3.05) is 26.2 Å². The number of halogens is 1. The quantitative estimate of drug-likeness (QED) is 0.773. The lowest BCUT2D eigenvalue weighted by atomic mass is 9.94. The van der Waals surface area contributed by atoms with Crippen molar-refractivity contribution in [1.82, 2.24) is 19.6 Å². The molecule has 1 aliphatic heterocycles. The number of piperidine rings is 1. The second-order valence-corrected chi connectivity index (χ2v) is 7.51. The summed E-state index contributed by atoms with van der Waals surface area (Å²) in [6, 6.07) is 6.05. The first-order valence-corrected chi connectivity index (χ1v) is 10.3. The van der Waals surface area contributed by atoms with E-state index in [9.17, 15) is 14.0 Å². The van der Waals surface area contributed by atoms with E-state index in [-0.39, 0.29) is 23.5 Å². The van der Waals surface area contributed by atoms with Gasteiger partial charge in [-0.2, -0.15) is 5.10 Å². The Morgan fingerprint density at radius 3 is 2.24 bits per heavy atom. The average molecular weight is 400 g/mol. The molecule has 2 aromatic rings. The van der Waals surface area contributed by atoms with Gasteiger partial charge in [0.1, 0.15) is 5.82 Å². The van der Waals surface area contributed by atoms with Crippen molar-refractivity contribution in [3.63, 3.8) is 0 Å². The molecule has 1 fully saturated rings. The zero-order chi connectivity index (χ0) is 21.1. The highest BCUT2D eigenvalue weighted by Gasteiger charge is 2.31. The van der Waals surface area contributed by atoms with Gasteiger partial charge in [0.05, 0.1) is 22.6 Å². The maximum absolute atomic E-state index is 13.2. The van der Waals surface area contributed by atoms with Gasteiger partial charge in [0, 0.05) is 32.1 Å². The van der Waals surface area contributed by atoms with Crippen LogP contribution in [0.2, 0.25) is 0 Å². The second kappa shape index (κ2) is 8.76. The van der Waals surface area contributed by atoms with Gasteiger partial charge in [0.15, 0.2) is 0 Å². The molecule has 1 aromatic carbocycles. The zero-order valence-corrected chi connectivity index (χ0v) is 17.6. The minimum Gasteiger partial charge on any atom is -0.343 e. The van der Waals surface area contributed by atoms with Crippen LogP contribution in [0, 0.1) is 25.6 Å². The molecule has 1 saturated heterocycles. The molecule has 2 heterocycles. The highest BCUT2D eigenvalue weighted by Crippen LogP contribution is 2.24. The molecule has 0 unspecified atom stereocenters. The molecule has 3 rings (SSSR count). The van der Waals surface area contributed by atoms with Gasteiger partial charge in [-0.25, -0.2) is 9.07 Å². The predicted octanol–water partition coefficient (Wildman–Crippen LogP) is 3.35. The molecule has 0 N–H and O–H groups in total. The Kier molecular flexibility index (Phi) is 6.35. The Morgan fingerprint density at radius 1 is 1.10 bits per heavy atom. The van der Waals surface area contributed by atoms with Crippen LogP contribution >= 0.6 is 0 Å². The van der Waals surface area contributed by atoms with E-state index in [2.05, 4.69) is 5.10 Å². The van der Waals surface area contributed by atoms with Crippen LogP contribution in [-0.2, 0) is 4.79 Å². The number of benzene rings is 1. The molecule has 1 aliphatic rings. The van der Waals surface area contributed by atoms with Crippen LogP contribution < -0.4 is 0 Å². The van der Waals surface area contributed by atoms with E-state index in [4.69, 9.17) is 0 Å². The summed E-state index contributed by atoms with van der Waals surface area (Å²) >= 11 is 0. The van der Waals surface area contributed by atoms with Crippen LogP contribution in [-0.4, -0.2) is 57.6 Å². The second-order valence-electron chi connectivity index (χ2n) is 7.51. The molecule has 156 valence electrons. The van der Waals surface area contributed by atoms with Gasteiger partial charge in [0.25, 0.3) is 5.91 Å². The number of hydrogen-bond acceptors (Lipinski definition) is 3. The fourth-order valence-electron chi connectivity index (χ4n) is 4.07. The Labute approximate surface area is 171 Å². The normalized spacial score (nSPS) is 14.9. The van der Waals surface area contributed by atoms with E-state index in [1.54, 1.807) is 16.8 Å². The highest BCUT2D eigenvalue weighted by atomic mass is 19.1. The van der Waals surface area contributed by atoms with Crippen molar-refractivity contribution in [1.29, 1.82) is 0 Å². The summed E-state index contributed by atoms with van der Waals surface area (Å²) in [5, 5.41) is 4.50. The third-order valence-corrected chi connectivity index (χ3v) is 5.78. The Hall–Kier alpha value is -2.70. The number of amides is 2. The molecule has 29 heavy (non-hydrogen) atoms. The molecule has 0 radical (unpaired) electrons. The fraction of sp³-hybridized carbons (Fsp3) is 0.500. The summed E-state index contributed by atoms with van der Waals surface area (Å²) in [5.74, 6) is -0.183. The molecule has 0 aliphatic carbocycles. The van der Waals surface area contributed by atoms with Crippen molar-refractivity contribution < 1.29 is 14.0 Å². The summed E-state index contributed by atoms with van der Waals surface area (Å²) in [7, 11) is 0.